The van der Waals surface area contributed by atoms with Crippen molar-refractivity contribution in [1.82, 2.24) is 10.2 Å². The maximum Gasteiger partial charge on any atom is 0.339 e. The van der Waals surface area contributed by atoms with Crippen LogP contribution >= 0.6 is 0 Å². The van der Waals surface area contributed by atoms with Crippen LogP contribution < -0.4 is 5.32 Å². The number of urea groups is 1. The van der Waals surface area contributed by atoms with E-state index < -0.39 is 5.97 Å². The molecule has 6 nitrogen and oxygen atoms in total. The molecule has 1 aromatic heterocycles. The van der Waals surface area contributed by atoms with Crippen molar-refractivity contribution in [1.29, 1.82) is 0 Å². The molecule has 0 radical (unpaired) electrons. The average Bonchev–Trinajstić information content (AvgIpc) is 3.09. The zero-order valence-electron chi connectivity index (χ0n) is 10.4. The molecule has 1 heterocycles. The van der Waals surface area contributed by atoms with Crippen molar-refractivity contribution in [3.05, 3.63) is 23.2 Å². The molecule has 2 rings (SSSR count). The Hall–Kier alpha value is -1.98. The van der Waals surface area contributed by atoms with Crippen molar-refractivity contribution in [3.63, 3.8) is 0 Å². The van der Waals surface area contributed by atoms with E-state index in [2.05, 4.69) is 5.32 Å². The Bertz CT molecular complexity index is 476. The normalized spacial score (nSPS) is 14.3. The van der Waals surface area contributed by atoms with Gasteiger partial charge in [-0.2, -0.15) is 0 Å². The molecule has 2 N–H and O–H groups in total. The smallest absolute Gasteiger partial charge is 0.339 e. The van der Waals surface area contributed by atoms with Gasteiger partial charge >= 0.3 is 12.0 Å². The van der Waals surface area contributed by atoms with Gasteiger partial charge in [-0.1, -0.05) is 0 Å². The lowest BCUT2D eigenvalue weighted by molar-refractivity contribution is 0.0695. The number of carboxylic acid groups (broad SMARTS) is 1. The molecule has 0 aromatic carbocycles. The van der Waals surface area contributed by atoms with Gasteiger partial charge in [-0.25, -0.2) is 9.59 Å². The molecular weight excluding hydrogens is 236 g/mol. The number of carboxylic acids is 1. The molecule has 0 saturated heterocycles. The third-order valence-electron chi connectivity index (χ3n) is 3.03. The number of carbonyl (C=O) groups is 2. The first-order valence-corrected chi connectivity index (χ1v) is 5.82. The lowest BCUT2D eigenvalue weighted by Gasteiger charge is -2.16. The second kappa shape index (κ2) is 4.72. The number of aromatic carboxylic acids is 1. The summed E-state index contributed by atoms with van der Waals surface area (Å²) in [6, 6.07) is 1.62. The number of hydrogen-bond donors (Lipinski definition) is 2. The van der Waals surface area contributed by atoms with E-state index in [9.17, 15) is 9.59 Å². The predicted octanol–water partition coefficient (Wildman–Crippen LogP) is 1.59. The summed E-state index contributed by atoms with van der Waals surface area (Å²) < 4.78 is 5.27. The van der Waals surface area contributed by atoms with Gasteiger partial charge in [0.05, 0.1) is 6.54 Å². The van der Waals surface area contributed by atoms with E-state index in [4.69, 9.17) is 9.52 Å². The van der Waals surface area contributed by atoms with Gasteiger partial charge in [0.15, 0.2) is 0 Å². The Morgan fingerprint density at radius 1 is 1.56 bits per heavy atom. The monoisotopic (exact) mass is 252 g/mol. The highest BCUT2D eigenvalue weighted by Gasteiger charge is 2.29. The number of aryl methyl sites for hydroxylation is 1. The first-order valence-electron chi connectivity index (χ1n) is 5.82. The van der Waals surface area contributed by atoms with Crippen LogP contribution in [0.15, 0.2) is 10.5 Å². The van der Waals surface area contributed by atoms with Gasteiger partial charge < -0.3 is 19.7 Å². The number of rotatable bonds is 4. The third kappa shape index (κ3) is 2.64. The highest BCUT2D eigenvalue weighted by atomic mass is 16.4. The van der Waals surface area contributed by atoms with Crippen molar-refractivity contribution < 1.29 is 19.1 Å². The zero-order valence-corrected chi connectivity index (χ0v) is 10.4. The first-order chi connectivity index (χ1) is 8.49. The highest BCUT2D eigenvalue weighted by Crippen LogP contribution is 2.25. The molecule has 1 fully saturated rings. The number of carbonyl (C=O) groups excluding carboxylic acids is 1. The number of amides is 2. The highest BCUT2D eigenvalue weighted by molar-refractivity contribution is 5.88. The molecule has 6 heteroatoms. The molecule has 18 heavy (non-hydrogen) atoms. The minimum absolute atomic E-state index is 0.134. The summed E-state index contributed by atoms with van der Waals surface area (Å²) in [6.07, 6.45) is 2.10. The van der Waals surface area contributed by atoms with Crippen LogP contribution in [0, 0.1) is 6.92 Å². The Morgan fingerprint density at radius 2 is 2.22 bits per heavy atom. The van der Waals surface area contributed by atoms with Crippen LogP contribution in [-0.4, -0.2) is 35.1 Å². The Balaban J connectivity index is 1.91. The Morgan fingerprint density at radius 3 is 2.72 bits per heavy atom. The van der Waals surface area contributed by atoms with Gasteiger partial charge in [0, 0.05) is 13.1 Å². The van der Waals surface area contributed by atoms with Crippen LogP contribution in [0.5, 0.6) is 0 Å². The molecular formula is C12H16N2O4. The van der Waals surface area contributed by atoms with Crippen LogP contribution in [0.1, 0.15) is 34.7 Å². The van der Waals surface area contributed by atoms with Crippen molar-refractivity contribution >= 4 is 12.0 Å². The lowest BCUT2D eigenvalue weighted by Crippen LogP contribution is -2.38. The number of nitrogens with zero attached hydrogens (tertiary/aromatic N) is 1. The quantitative estimate of drug-likeness (QED) is 0.852. The summed E-state index contributed by atoms with van der Waals surface area (Å²) in [6.45, 7) is 1.79. The molecule has 1 aliphatic rings. The minimum Gasteiger partial charge on any atom is -0.478 e. The second-order valence-corrected chi connectivity index (χ2v) is 4.49. The van der Waals surface area contributed by atoms with Gasteiger partial charge in [0.1, 0.15) is 17.1 Å². The van der Waals surface area contributed by atoms with E-state index >= 15 is 0 Å². The Kier molecular flexibility index (Phi) is 3.27. The van der Waals surface area contributed by atoms with E-state index in [0.717, 1.165) is 12.8 Å². The molecule has 0 bridgehead atoms. The third-order valence-corrected chi connectivity index (χ3v) is 3.03. The molecule has 1 saturated carbocycles. The van der Waals surface area contributed by atoms with Gasteiger partial charge in [-0.05, 0) is 25.8 Å². The van der Waals surface area contributed by atoms with Crippen molar-refractivity contribution in [3.8, 4) is 0 Å². The number of nitrogens with one attached hydrogen (secondary N) is 1. The molecule has 98 valence electrons. The summed E-state index contributed by atoms with van der Waals surface area (Å²) in [4.78, 5) is 24.2. The summed E-state index contributed by atoms with van der Waals surface area (Å²) in [5, 5.41) is 11.6. The summed E-state index contributed by atoms with van der Waals surface area (Å²) in [7, 11) is 1.75. The predicted molar refractivity (Wildman–Crippen MR) is 63.4 cm³/mol. The van der Waals surface area contributed by atoms with Crippen LogP contribution in [0.4, 0.5) is 4.79 Å². The van der Waals surface area contributed by atoms with E-state index in [1.165, 1.54) is 6.07 Å². The van der Waals surface area contributed by atoms with Gasteiger partial charge in [-0.3, -0.25) is 0 Å². The Labute approximate surface area is 105 Å². The fraction of sp³-hybridized carbons (Fsp3) is 0.500. The fourth-order valence-corrected chi connectivity index (χ4v) is 1.76. The summed E-state index contributed by atoms with van der Waals surface area (Å²) in [5.74, 6) is -0.228. The van der Waals surface area contributed by atoms with Crippen molar-refractivity contribution in [2.75, 3.05) is 7.05 Å². The van der Waals surface area contributed by atoms with Gasteiger partial charge in [0.25, 0.3) is 0 Å². The number of furan rings is 1. The lowest BCUT2D eigenvalue weighted by atomic mass is 10.2. The van der Waals surface area contributed by atoms with Gasteiger partial charge in [-0.15, -0.1) is 0 Å². The van der Waals surface area contributed by atoms with Crippen molar-refractivity contribution in [2.24, 2.45) is 0 Å². The molecule has 0 atom stereocenters. The molecule has 0 unspecified atom stereocenters. The average molecular weight is 252 g/mol. The standard InChI is InChI=1S/C12H16N2O4/c1-7-10(11(15)16)5-9(18-7)6-13-12(17)14(2)8-3-4-8/h5,8H,3-4,6H2,1-2H3,(H,13,17)(H,15,16). The van der Waals surface area contributed by atoms with Crippen LogP contribution in [0.2, 0.25) is 0 Å². The van der Waals surface area contributed by atoms with Crippen LogP contribution in [-0.2, 0) is 6.54 Å². The van der Waals surface area contributed by atoms with E-state index in [0.29, 0.717) is 17.6 Å². The largest absolute Gasteiger partial charge is 0.478 e. The van der Waals surface area contributed by atoms with Crippen molar-refractivity contribution in [2.45, 2.75) is 32.4 Å². The fourth-order valence-electron chi connectivity index (χ4n) is 1.76. The molecule has 2 amide bonds. The summed E-state index contributed by atoms with van der Waals surface area (Å²) in [5.41, 5.74) is 0.134. The molecule has 1 aliphatic carbocycles. The SMILES string of the molecule is Cc1oc(CNC(=O)N(C)C2CC2)cc1C(=O)O. The molecule has 0 aliphatic heterocycles. The zero-order chi connectivity index (χ0) is 13.3. The topological polar surface area (TPSA) is 82.8 Å². The molecule has 0 spiro atoms. The minimum atomic E-state index is -1.02. The van der Waals surface area contributed by atoms with E-state index in [-0.39, 0.29) is 18.1 Å². The van der Waals surface area contributed by atoms with E-state index in [1.807, 2.05) is 0 Å². The molecule has 1 aromatic rings. The first kappa shape index (κ1) is 12.5. The van der Waals surface area contributed by atoms with Crippen LogP contribution in [0.25, 0.3) is 0 Å². The van der Waals surface area contributed by atoms with E-state index in [1.54, 1.807) is 18.9 Å². The number of hydrogen-bond acceptors (Lipinski definition) is 3. The second-order valence-electron chi connectivity index (χ2n) is 4.49. The maximum absolute atomic E-state index is 11.7. The maximum atomic E-state index is 11.7. The van der Waals surface area contributed by atoms with Gasteiger partial charge in [0.2, 0.25) is 0 Å². The summed E-state index contributed by atoms with van der Waals surface area (Å²) >= 11 is 0. The van der Waals surface area contributed by atoms with Crippen LogP contribution in [0.3, 0.4) is 0 Å².